The van der Waals surface area contributed by atoms with Crippen LogP contribution in [0.25, 0.3) is 0 Å². The minimum absolute atomic E-state index is 0.200. The Morgan fingerprint density at radius 3 is 2.50 bits per heavy atom. The van der Waals surface area contributed by atoms with Crippen LogP contribution in [0.1, 0.15) is 23.9 Å². The molecule has 0 aliphatic heterocycles. The summed E-state index contributed by atoms with van der Waals surface area (Å²) < 4.78 is 15.4. The van der Waals surface area contributed by atoms with Gasteiger partial charge in [-0.3, -0.25) is 0 Å². The largest absolute Gasteiger partial charge is 0.306 e. The number of aromatic nitrogens is 3. The van der Waals surface area contributed by atoms with Gasteiger partial charge in [0.25, 0.3) is 0 Å². The highest BCUT2D eigenvalue weighted by Crippen LogP contribution is 2.22. The quantitative estimate of drug-likeness (QED) is 0.592. The molecule has 0 aliphatic rings. The van der Waals surface area contributed by atoms with E-state index in [0.29, 0.717) is 5.75 Å². The lowest BCUT2D eigenvalue weighted by atomic mass is 10.1. The summed E-state index contributed by atoms with van der Waals surface area (Å²) in [5.74, 6) is 1.49. The van der Waals surface area contributed by atoms with Crippen LogP contribution in [0.4, 0.5) is 4.39 Å². The maximum Gasteiger partial charge on any atom is 0.191 e. The topological polar surface area (TPSA) is 30.7 Å². The Kier molecular flexibility index (Phi) is 5.64. The Morgan fingerprint density at radius 2 is 1.75 bits per heavy atom. The van der Waals surface area contributed by atoms with Gasteiger partial charge in [-0.2, -0.15) is 0 Å². The molecule has 1 heterocycles. The minimum Gasteiger partial charge on any atom is -0.306 e. The molecule has 3 aromatic rings. The van der Waals surface area contributed by atoms with Gasteiger partial charge in [-0.05, 0) is 36.6 Å². The molecule has 0 saturated carbocycles. The van der Waals surface area contributed by atoms with E-state index in [-0.39, 0.29) is 5.82 Å². The Bertz CT molecular complexity index is 786. The molecule has 3 rings (SSSR count). The summed E-state index contributed by atoms with van der Waals surface area (Å²) in [4.78, 5) is 0. The number of hydrogen-bond donors (Lipinski definition) is 0. The van der Waals surface area contributed by atoms with Gasteiger partial charge >= 0.3 is 0 Å². The van der Waals surface area contributed by atoms with Gasteiger partial charge in [0.2, 0.25) is 0 Å². The highest BCUT2D eigenvalue weighted by Gasteiger charge is 2.11. The molecule has 0 unspecified atom stereocenters. The highest BCUT2D eigenvalue weighted by atomic mass is 32.2. The molecule has 0 radical (unpaired) electrons. The van der Waals surface area contributed by atoms with Crippen LogP contribution in [-0.4, -0.2) is 14.8 Å². The van der Waals surface area contributed by atoms with Gasteiger partial charge in [-0.15, -0.1) is 10.2 Å². The molecule has 0 amide bonds. The van der Waals surface area contributed by atoms with Crippen molar-refractivity contribution in [3.63, 3.8) is 0 Å². The van der Waals surface area contributed by atoms with Gasteiger partial charge < -0.3 is 4.57 Å². The second-order valence-corrected chi connectivity index (χ2v) is 6.49. The molecule has 1 aromatic heterocycles. The molecule has 0 atom stereocenters. The SMILES string of the molecule is CCn1c(CCc2ccccc2)nnc1SCc1cccc(F)c1. The van der Waals surface area contributed by atoms with Gasteiger partial charge in [0, 0.05) is 18.7 Å². The summed E-state index contributed by atoms with van der Waals surface area (Å²) in [5.41, 5.74) is 2.26. The normalized spacial score (nSPS) is 10.9. The zero-order valence-electron chi connectivity index (χ0n) is 13.7. The van der Waals surface area contributed by atoms with E-state index in [0.717, 1.165) is 35.9 Å². The van der Waals surface area contributed by atoms with Gasteiger partial charge in [-0.1, -0.05) is 54.2 Å². The van der Waals surface area contributed by atoms with Crippen molar-refractivity contribution in [2.75, 3.05) is 0 Å². The summed E-state index contributed by atoms with van der Waals surface area (Å²) in [6.45, 7) is 2.93. The molecule has 0 saturated heterocycles. The molecule has 3 nitrogen and oxygen atoms in total. The van der Waals surface area contributed by atoms with Crippen LogP contribution in [0.2, 0.25) is 0 Å². The van der Waals surface area contributed by atoms with Crippen molar-refractivity contribution in [3.05, 3.63) is 77.4 Å². The van der Waals surface area contributed by atoms with Crippen LogP contribution in [0.3, 0.4) is 0 Å². The molecule has 0 fully saturated rings. The van der Waals surface area contributed by atoms with Gasteiger partial charge in [-0.25, -0.2) is 4.39 Å². The molecule has 124 valence electrons. The fourth-order valence-corrected chi connectivity index (χ4v) is 3.57. The Labute approximate surface area is 145 Å². The summed E-state index contributed by atoms with van der Waals surface area (Å²) in [6, 6.07) is 17.1. The highest BCUT2D eigenvalue weighted by molar-refractivity contribution is 7.98. The molecule has 0 aliphatic carbocycles. The predicted octanol–water partition coefficient (Wildman–Crippen LogP) is 4.51. The maximum atomic E-state index is 13.3. The number of halogens is 1. The van der Waals surface area contributed by atoms with Gasteiger partial charge in [0.1, 0.15) is 11.6 Å². The van der Waals surface area contributed by atoms with Crippen molar-refractivity contribution in [1.29, 1.82) is 0 Å². The van der Waals surface area contributed by atoms with E-state index in [1.165, 1.54) is 11.6 Å². The summed E-state index contributed by atoms with van der Waals surface area (Å²) >= 11 is 1.60. The number of rotatable bonds is 7. The maximum absolute atomic E-state index is 13.3. The summed E-state index contributed by atoms with van der Waals surface area (Å²) in [6.07, 6.45) is 1.82. The van der Waals surface area contributed by atoms with Gasteiger partial charge in [0.05, 0.1) is 0 Å². The van der Waals surface area contributed by atoms with Gasteiger partial charge in [0.15, 0.2) is 5.16 Å². The first-order valence-electron chi connectivity index (χ1n) is 8.09. The molecule has 24 heavy (non-hydrogen) atoms. The fraction of sp³-hybridized carbons (Fsp3) is 0.263. The second kappa shape index (κ2) is 8.11. The molecule has 5 heteroatoms. The zero-order valence-corrected chi connectivity index (χ0v) is 14.5. The second-order valence-electron chi connectivity index (χ2n) is 5.55. The summed E-state index contributed by atoms with van der Waals surface area (Å²) in [7, 11) is 0. The van der Waals surface area contributed by atoms with Crippen LogP contribution in [0.5, 0.6) is 0 Å². The predicted molar refractivity (Wildman–Crippen MR) is 95.5 cm³/mol. The summed E-state index contributed by atoms with van der Waals surface area (Å²) in [5, 5.41) is 9.56. The van der Waals surface area contributed by atoms with E-state index >= 15 is 0 Å². The van der Waals surface area contributed by atoms with E-state index < -0.39 is 0 Å². The van der Waals surface area contributed by atoms with Crippen molar-refractivity contribution < 1.29 is 4.39 Å². The lowest BCUT2D eigenvalue weighted by Gasteiger charge is -2.07. The van der Waals surface area contributed by atoms with Crippen LogP contribution in [0, 0.1) is 5.82 Å². The van der Waals surface area contributed by atoms with Crippen molar-refractivity contribution in [3.8, 4) is 0 Å². The monoisotopic (exact) mass is 341 g/mol. The van der Waals surface area contributed by atoms with E-state index in [1.807, 2.05) is 12.1 Å². The molecular weight excluding hydrogens is 321 g/mol. The lowest BCUT2D eigenvalue weighted by molar-refractivity contribution is 0.626. The van der Waals surface area contributed by atoms with Crippen LogP contribution < -0.4 is 0 Å². The Morgan fingerprint density at radius 1 is 0.958 bits per heavy atom. The number of nitrogens with zero attached hydrogens (tertiary/aromatic N) is 3. The first-order valence-corrected chi connectivity index (χ1v) is 9.08. The third-order valence-corrected chi connectivity index (χ3v) is 4.88. The molecule has 0 spiro atoms. The third kappa shape index (κ3) is 4.23. The molecular formula is C19H20FN3S. The van der Waals surface area contributed by atoms with E-state index in [4.69, 9.17) is 0 Å². The minimum atomic E-state index is -0.200. The van der Waals surface area contributed by atoms with Crippen molar-refractivity contribution >= 4 is 11.8 Å². The van der Waals surface area contributed by atoms with Crippen LogP contribution >= 0.6 is 11.8 Å². The number of thioether (sulfide) groups is 1. The first kappa shape index (κ1) is 16.7. The number of aryl methyl sites for hydroxylation is 2. The Balaban J connectivity index is 1.65. The van der Waals surface area contributed by atoms with E-state index in [1.54, 1.807) is 23.9 Å². The third-order valence-electron chi connectivity index (χ3n) is 3.85. The fourth-order valence-electron chi connectivity index (χ4n) is 2.60. The zero-order chi connectivity index (χ0) is 16.8. The van der Waals surface area contributed by atoms with Crippen molar-refractivity contribution in [2.45, 2.75) is 37.2 Å². The average Bonchev–Trinajstić information content (AvgIpc) is 3.01. The van der Waals surface area contributed by atoms with Crippen molar-refractivity contribution in [2.24, 2.45) is 0 Å². The lowest BCUT2D eigenvalue weighted by Crippen LogP contribution is -2.05. The van der Waals surface area contributed by atoms with Crippen LogP contribution in [0.15, 0.2) is 59.8 Å². The first-order chi connectivity index (χ1) is 11.8. The molecule has 0 bridgehead atoms. The average molecular weight is 341 g/mol. The standard InChI is InChI=1S/C19H20FN3S/c1-2-23-18(12-11-15-7-4-3-5-8-15)21-22-19(23)24-14-16-9-6-10-17(20)13-16/h3-10,13H,2,11-12,14H2,1H3. The van der Waals surface area contributed by atoms with E-state index in [9.17, 15) is 4.39 Å². The molecule has 2 aromatic carbocycles. The van der Waals surface area contributed by atoms with E-state index in [2.05, 4.69) is 46.0 Å². The van der Waals surface area contributed by atoms with Crippen LogP contribution in [-0.2, 0) is 25.1 Å². The van der Waals surface area contributed by atoms with Crippen molar-refractivity contribution in [1.82, 2.24) is 14.8 Å². The number of benzene rings is 2. The molecule has 0 N–H and O–H groups in total. The smallest absolute Gasteiger partial charge is 0.191 e. The number of hydrogen-bond acceptors (Lipinski definition) is 3. The Hall–Kier alpha value is -2.14.